The molecule has 0 saturated carbocycles. The zero-order valence-electron chi connectivity index (χ0n) is 33.7. The van der Waals surface area contributed by atoms with Crippen molar-refractivity contribution in [2.75, 3.05) is 0 Å². The number of fused-ring (bicyclic) bond motifs is 1. The minimum atomic E-state index is -3.93. The van der Waals surface area contributed by atoms with Gasteiger partial charge in [0.1, 0.15) is 23.0 Å². The minimum Gasteiger partial charge on any atom is -0.319 e. The summed E-state index contributed by atoms with van der Waals surface area (Å²) in [5.74, 6) is -0.605. The van der Waals surface area contributed by atoms with Crippen LogP contribution >= 0.6 is 0 Å². The van der Waals surface area contributed by atoms with E-state index in [0.717, 1.165) is 12.8 Å². The molecule has 4 aromatic carbocycles. The molecule has 2 N–H and O–H groups in total. The monoisotopic (exact) mass is 829 g/mol. The van der Waals surface area contributed by atoms with E-state index in [-0.39, 0.29) is 39.5 Å². The fraction of sp³-hybridized carbons (Fsp3) is 0.318. The SMILES string of the molecule is CCCCc1nc2ccn(Cc3ccc(-c4ccccc4S(=O)(=O)NC(C)(C)C)cc3F)c(=O)c2n1Cc1ccc(-c2ccccc2S(=O)(=O)NC(C)(C)C)cc1F. The third kappa shape index (κ3) is 9.47. The van der Waals surface area contributed by atoms with Crippen molar-refractivity contribution < 1.29 is 25.6 Å². The van der Waals surface area contributed by atoms with Gasteiger partial charge in [-0.1, -0.05) is 74.0 Å². The lowest BCUT2D eigenvalue weighted by Gasteiger charge is -2.21. The van der Waals surface area contributed by atoms with Crippen molar-refractivity contribution in [2.24, 2.45) is 0 Å². The maximum Gasteiger partial charge on any atom is 0.277 e. The Labute approximate surface area is 339 Å². The first-order chi connectivity index (χ1) is 27.2. The Balaban J connectivity index is 1.34. The van der Waals surface area contributed by atoms with Gasteiger partial charge in [0.25, 0.3) is 5.56 Å². The summed E-state index contributed by atoms with van der Waals surface area (Å²) < 4.78 is 93.5. The number of pyridine rings is 1. The Hall–Kier alpha value is -5.02. The molecule has 0 amide bonds. The second-order valence-electron chi connectivity index (χ2n) is 16.5. The van der Waals surface area contributed by atoms with E-state index in [2.05, 4.69) is 9.44 Å². The number of halogens is 2. The van der Waals surface area contributed by atoms with Crippen LogP contribution in [0.4, 0.5) is 8.78 Å². The Morgan fingerprint density at radius 2 is 1.16 bits per heavy atom. The molecule has 6 rings (SSSR count). The standard InChI is InChI=1S/C44H49F2N5O5S2/c1-8-9-18-40-47-37-23-24-50(27-31-21-19-29(25-35(31)45)33-14-10-12-16-38(33)57(53,54)48-43(2,3)4)42(52)41(37)51(40)28-32-22-20-30(26-36(32)46)34-15-11-13-17-39(34)58(55,56)49-44(5,6)7/h10-17,19-26,48-49H,8-9,18,27-28H2,1-7H3. The van der Waals surface area contributed by atoms with Crippen LogP contribution in [0, 0.1) is 11.6 Å². The van der Waals surface area contributed by atoms with Crippen molar-refractivity contribution in [3.8, 4) is 22.3 Å². The summed E-state index contributed by atoms with van der Waals surface area (Å²) >= 11 is 0. The average Bonchev–Trinajstić information content (AvgIpc) is 3.49. The van der Waals surface area contributed by atoms with E-state index in [1.54, 1.807) is 113 Å². The number of benzene rings is 4. The number of rotatable bonds is 13. The van der Waals surface area contributed by atoms with Gasteiger partial charge in [0, 0.05) is 45.9 Å². The number of unbranched alkanes of at least 4 members (excludes halogenated alkanes) is 1. The van der Waals surface area contributed by atoms with E-state index in [1.807, 2.05) is 6.92 Å². The highest BCUT2D eigenvalue weighted by Gasteiger charge is 2.27. The van der Waals surface area contributed by atoms with Crippen molar-refractivity contribution in [1.82, 2.24) is 23.6 Å². The molecule has 14 heteroatoms. The van der Waals surface area contributed by atoms with Crippen LogP contribution in [-0.4, -0.2) is 42.0 Å². The fourth-order valence-electron chi connectivity index (χ4n) is 6.88. The number of nitrogens with zero attached hydrogens (tertiary/aromatic N) is 3. The predicted octanol–water partition coefficient (Wildman–Crippen LogP) is 8.40. The minimum absolute atomic E-state index is 0.0168. The molecule has 0 unspecified atom stereocenters. The molecule has 0 bridgehead atoms. The molecule has 2 heterocycles. The summed E-state index contributed by atoms with van der Waals surface area (Å²) in [6, 6.07) is 23.5. The van der Waals surface area contributed by atoms with Crippen LogP contribution in [0.5, 0.6) is 0 Å². The first kappa shape index (κ1) is 42.6. The Kier molecular flexibility index (Phi) is 12.0. The lowest BCUT2D eigenvalue weighted by molar-refractivity contribution is 0.490. The highest BCUT2D eigenvalue weighted by molar-refractivity contribution is 7.90. The van der Waals surface area contributed by atoms with E-state index < -0.39 is 48.3 Å². The van der Waals surface area contributed by atoms with Gasteiger partial charge in [-0.25, -0.2) is 40.0 Å². The summed E-state index contributed by atoms with van der Waals surface area (Å²) in [6.45, 7) is 12.3. The lowest BCUT2D eigenvalue weighted by Crippen LogP contribution is -2.40. The number of sulfonamides is 2. The maximum atomic E-state index is 16.1. The van der Waals surface area contributed by atoms with Crippen LogP contribution in [0.3, 0.4) is 0 Å². The van der Waals surface area contributed by atoms with Gasteiger partial charge in [-0.3, -0.25) is 4.79 Å². The molecule has 10 nitrogen and oxygen atoms in total. The molecule has 0 aliphatic heterocycles. The molecule has 0 saturated heterocycles. The third-order valence-corrected chi connectivity index (χ3v) is 13.0. The van der Waals surface area contributed by atoms with Crippen LogP contribution in [-0.2, 0) is 39.6 Å². The maximum absolute atomic E-state index is 16.1. The summed E-state index contributed by atoms with van der Waals surface area (Å²) in [4.78, 5) is 19.0. The molecule has 0 aliphatic carbocycles. The average molecular weight is 830 g/mol. The molecule has 2 aromatic heterocycles. The highest BCUT2D eigenvalue weighted by atomic mass is 32.2. The number of aryl methyl sites for hydroxylation is 1. The fourth-order valence-corrected chi connectivity index (χ4v) is 10.2. The van der Waals surface area contributed by atoms with E-state index in [4.69, 9.17) is 4.98 Å². The zero-order chi connectivity index (χ0) is 42.2. The van der Waals surface area contributed by atoms with Crippen LogP contribution in [0.1, 0.15) is 78.3 Å². The van der Waals surface area contributed by atoms with E-state index in [9.17, 15) is 21.6 Å². The molecule has 0 aliphatic rings. The van der Waals surface area contributed by atoms with Crippen molar-refractivity contribution in [2.45, 2.75) is 102 Å². The third-order valence-electron chi connectivity index (χ3n) is 9.33. The molecule has 6 aromatic rings. The van der Waals surface area contributed by atoms with Gasteiger partial charge < -0.3 is 9.13 Å². The molecule has 58 heavy (non-hydrogen) atoms. The van der Waals surface area contributed by atoms with Gasteiger partial charge in [0.05, 0.1) is 28.4 Å². The number of hydrogen-bond acceptors (Lipinski definition) is 6. The molecule has 0 spiro atoms. The van der Waals surface area contributed by atoms with Crippen LogP contribution in [0.25, 0.3) is 33.3 Å². The summed E-state index contributed by atoms with van der Waals surface area (Å²) in [5.41, 5.74) is 0.644. The first-order valence-corrected chi connectivity index (χ1v) is 22.1. The van der Waals surface area contributed by atoms with Gasteiger partial charge in [0.2, 0.25) is 20.0 Å². The second-order valence-corrected chi connectivity index (χ2v) is 19.8. The number of hydrogen-bond donors (Lipinski definition) is 2. The van der Waals surface area contributed by atoms with E-state index >= 15 is 8.78 Å². The van der Waals surface area contributed by atoms with Crippen molar-refractivity contribution in [3.63, 3.8) is 0 Å². The molecule has 306 valence electrons. The Morgan fingerprint density at radius 1 is 0.672 bits per heavy atom. The molecule has 0 fully saturated rings. The van der Waals surface area contributed by atoms with Crippen molar-refractivity contribution in [3.05, 3.63) is 136 Å². The number of imidazole rings is 1. The summed E-state index contributed by atoms with van der Waals surface area (Å²) in [5, 5.41) is 0. The van der Waals surface area contributed by atoms with Crippen molar-refractivity contribution >= 4 is 31.1 Å². The molecular weight excluding hydrogens is 781 g/mol. The van der Waals surface area contributed by atoms with Crippen LogP contribution in [0.2, 0.25) is 0 Å². The Bertz CT molecular complexity index is 2780. The predicted molar refractivity (Wildman–Crippen MR) is 225 cm³/mol. The Morgan fingerprint density at radius 3 is 1.62 bits per heavy atom. The second kappa shape index (κ2) is 16.3. The lowest BCUT2D eigenvalue weighted by atomic mass is 10.0. The molecule has 0 radical (unpaired) electrons. The van der Waals surface area contributed by atoms with Gasteiger partial charge >= 0.3 is 0 Å². The number of aromatic nitrogens is 3. The summed E-state index contributed by atoms with van der Waals surface area (Å²) in [7, 11) is -7.86. The molecular formula is C44H49F2N5O5S2. The van der Waals surface area contributed by atoms with Crippen molar-refractivity contribution in [1.29, 1.82) is 0 Å². The topological polar surface area (TPSA) is 132 Å². The van der Waals surface area contributed by atoms with Gasteiger partial charge in [0.15, 0.2) is 0 Å². The zero-order valence-corrected chi connectivity index (χ0v) is 35.4. The molecule has 0 atom stereocenters. The quantitative estimate of drug-likeness (QED) is 0.120. The van der Waals surface area contributed by atoms with Crippen LogP contribution < -0.4 is 15.0 Å². The highest BCUT2D eigenvalue weighted by Crippen LogP contribution is 2.32. The van der Waals surface area contributed by atoms with Crippen LogP contribution in [0.15, 0.2) is 112 Å². The van der Waals surface area contributed by atoms with Gasteiger partial charge in [-0.05, 0) is 89.4 Å². The van der Waals surface area contributed by atoms with Gasteiger partial charge in [-0.2, -0.15) is 0 Å². The first-order valence-electron chi connectivity index (χ1n) is 19.1. The van der Waals surface area contributed by atoms with Gasteiger partial charge in [-0.15, -0.1) is 0 Å². The largest absolute Gasteiger partial charge is 0.319 e. The number of nitrogens with one attached hydrogen (secondary N) is 2. The summed E-state index contributed by atoms with van der Waals surface area (Å²) in [6.07, 6.45) is 3.73. The normalized spacial score (nSPS) is 12.7. The smallest absolute Gasteiger partial charge is 0.277 e. The van der Waals surface area contributed by atoms with E-state index in [0.29, 0.717) is 40.0 Å². The van der Waals surface area contributed by atoms with E-state index in [1.165, 1.54) is 34.9 Å².